The van der Waals surface area contributed by atoms with E-state index in [1.807, 2.05) is 12.1 Å². The molecule has 1 aliphatic rings. The molecule has 2 rings (SSSR count). The van der Waals surface area contributed by atoms with Gasteiger partial charge in [0.05, 0.1) is 12.7 Å². The van der Waals surface area contributed by atoms with Gasteiger partial charge in [0.2, 0.25) is 0 Å². The number of methoxy groups -OCH3 is 1. The van der Waals surface area contributed by atoms with Gasteiger partial charge in [-0.3, -0.25) is 0 Å². The van der Waals surface area contributed by atoms with Gasteiger partial charge in [-0.2, -0.15) is 0 Å². The number of benzene rings is 1. The Hall–Kier alpha value is -0.900. The third-order valence-corrected chi connectivity index (χ3v) is 3.11. The minimum absolute atomic E-state index is 0.0244. The molecule has 0 aromatic heterocycles. The first kappa shape index (κ1) is 11.6. The van der Waals surface area contributed by atoms with Crippen LogP contribution in [0.2, 0.25) is 0 Å². The summed E-state index contributed by atoms with van der Waals surface area (Å²) in [6.07, 6.45) is 0.957. The van der Waals surface area contributed by atoms with Gasteiger partial charge in [0, 0.05) is 26.2 Å². The lowest BCUT2D eigenvalue weighted by Crippen LogP contribution is -2.13. The van der Waals surface area contributed by atoms with Crippen molar-refractivity contribution >= 4 is 0 Å². The Balaban J connectivity index is 2.24. The maximum Gasteiger partial charge on any atom is 0.0879 e. The number of rotatable bonds is 4. The fourth-order valence-electron chi connectivity index (χ4n) is 2.26. The maximum atomic E-state index is 9.31. The molecular formula is C13H18O3. The van der Waals surface area contributed by atoms with Gasteiger partial charge in [-0.25, -0.2) is 0 Å². The minimum Gasteiger partial charge on any atom is -0.396 e. The predicted molar refractivity (Wildman–Crippen MR) is 61.0 cm³/mol. The fraction of sp³-hybridized carbons (Fsp3) is 0.538. The average molecular weight is 222 g/mol. The van der Waals surface area contributed by atoms with E-state index in [1.54, 1.807) is 7.11 Å². The van der Waals surface area contributed by atoms with Crippen LogP contribution in [0, 0.1) is 5.92 Å². The number of aliphatic hydroxyl groups excluding tert-OH is 1. The van der Waals surface area contributed by atoms with Gasteiger partial charge in [-0.1, -0.05) is 24.3 Å². The van der Waals surface area contributed by atoms with Crippen molar-refractivity contribution in [2.24, 2.45) is 5.92 Å². The molecule has 88 valence electrons. The fourth-order valence-corrected chi connectivity index (χ4v) is 2.26. The van der Waals surface area contributed by atoms with Crippen molar-refractivity contribution in [3.63, 3.8) is 0 Å². The topological polar surface area (TPSA) is 38.7 Å². The molecule has 1 aromatic rings. The summed E-state index contributed by atoms with van der Waals surface area (Å²) in [5, 5.41) is 9.31. The highest BCUT2D eigenvalue weighted by Crippen LogP contribution is 2.35. The monoisotopic (exact) mass is 222 g/mol. The van der Waals surface area contributed by atoms with E-state index in [0.717, 1.165) is 24.2 Å². The largest absolute Gasteiger partial charge is 0.396 e. The molecule has 0 saturated carbocycles. The van der Waals surface area contributed by atoms with Crippen molar-refractivity contribution in [3.8, 4) is 0 Å². The quantitative estimate of drug-likeness (QED) is 0.845. The zero-order valence-corrected chi connectivity index (χ0v) is 9.56. The summed E-state index contributed by atoms with van der Waals surface area (Å²) < 4.78 is 10.9. The Morgan fingerprint density at radius 3 is 3.00 bits per heavy atom. The van der Waals surface area contributed by atoms with Gasteiger partial charge in [-0.15, -0.1) is 0 Å². The first-order chi connectivity index (χ1) is 7.86. The highest BCUT2D eigenvalue weighted by Gasteiger charge is 2.30. The molecule has 1 aliphatic heterocycles. The second-order valence-electron chi connectivity index (χ2n) is 4.15. The van der Waals surface area contributed by atoms with E-state index in [9.17, 15) is 5.11 Å². The zero-order valence-electron chi connectivity index (χ0n) is 9.56. The third-order valence-electron chi connectivity index (χ3n) is 3.11. The van der Waals surface area contributed by atoms with E-state index in [-0.39, 0.29) is 18.6 Å². The molecule has 1 N–H and O–H groups in total. The molecule has 1 fully saturated rings. The summed E-state index contributed by atoms with van der Waals surface area (Å²) in [7, 11) is 1.69. The Bertz CT molecular complexity index is 338. The van der Waals surface area contributed by atoms with Crippen LogP contribution in [0.3, 0.4) is 0 Å². The van der Waals surface area contributed by atoms with Gasteiger partial charge in [0.25, 0.3) is 0 Å². The van der Waals surface area contributed by atoms with Gasteiger partial charge < -0.3 is 14.6 Å². The van der Waals surface area contributed by atoms with Gasteiger partial charge in [0.15, 0.2) is 0 Å². The molecule has 3 nitrogen and oxygen atoms in total. The molecule has 0 amide bonds. The van der Waals surface area contributed by atoms with Crippen LogP contribution in [-0.4, -0.2) is 25.4 Å². The van der Waals surface area contributed by atoms with E-state index >= 15 is 0 Å². The molecular weight excluding hydrogens is 204 g/mol. The van der Waals surface area contributed by atoms with Crippen molar-refractivity contribution in [3.05, 3.63) is 35.4 Å². The first-order valence-corrected chi connectivity index (χ1v) is 5.66. The summed E-state index contributed by atoms with van der Waals surface area (Å²) in [6, 6.07) is 8.12. The number of hydrogen-bond donors (Lipinski definition) is 1. The van der Waals surface area contributed by atoms with Crippen LogP contribution < -0.4 is 0 Å². The summed E-state index contributed by atoms with van der Waals surface area (Å²) in [5.41, 5.74) is 2.30. The van der Waals surface area contributed by atoms with Crippen LogP contribution >= 0.6 is 0 Å². The molecule has 2 unspecified atom stereocenters. The first-order valence-electron chi connectivity index (χ1n) is 5.66. The Labute approximate surface area is 96.0 Å². The van der Waals surface area contributed by atoms with Crippen molar-refractivity contribution in [1.29, 1.82) is 0 Å². The summed E-state index contributed by atoms with van der Waals surface area (Å²) in [5.74, 6) is 0.220. The van der Waals surface area contributed by atoms with E-state index in [4.69, 9.17) is 9.47 Å². The van der Waals surface area contributed by atoms with E-state index in [2.05, 4.69) is 12.1 Å². The molecule has 0 bridgehead atoms. The highest BCUT2D eigenvalue weighted by molar-refractivity contribution is 5.29. The number of hydrogen-bond acceptors (Lipinski definition) is 3. The molecule has 16 heavy (non-hydrogen) atoms. The smallest absolute Gasteiger partial charge is 0.0879 e. The minimum atomic E-state index is 0.0244. The normalized spacial score (nSPS) is 24.9. The Kier molecular flexibility index (Phi) is 3.93. The maximum absolute atomic E-state index is 9.31. The lowest BCUT2D eigenvalue weighted by atomic mass is 9.93. The van der Waals surface area contributed by atoms with Crippen molar-refractivity contribution in [2.45, 2.75) is 19.1 Å². The van der Waals surface area contributed by atoms with Crippen molar-refractivity contribution in [1.82, 2.24) is 0 Å². The second kappa shape index (κ2) is 5.43. The summed E-state index contributed by atoms with van der Waals surface area (Å²) in [6.45, 7) is 1.51. The van der Waals surface area contributed by atoms with Crippen molar-refractivity contribution < 1.29 is 14.6 Å². The van der Waals surface area contributed by atoms with E-state index < -0.39 is 0 Å². The molecule has 1 saturated heterocycles. The zero-order chi connectivity index (χ0) is 11.4. The molecule has 0 radical (unpaired) electrons. The van der Waals surface area contributed by atoms with Gasteiger partial charge in [0.1, 0.15) is 0 Å². The Morgan fingerprint density at radius 1 is 1.44 bits per heavy atom. The van der Waals surface area contributed by atoms with Crippen LogP contribution in [0.1, 0.15) is 23.7 Å². The predicted octanol–water partition coefficient (Wildman–Crippen LogP) is 1.90. The van der Waals surface area contributed by atoms with Crippen molar-refractivity contribution in [2.75, 3.05) is 20.3 Å². The molecule has 0 aliphatic carbocycles. The third kappa shape index (κ3) is 2.26. The lowest BCUT2D eigenvalue weighted by Gasteiger charge is -2.19. The molecule has 1 heterocycles. The summed E-state index contributed by atoms with van der Waals surface area (Å²) >= 11 is 0. The lowest BCUT2D eigenvalue weighted by molar-refractivity contribution is 0.0695. The van der Waals surface area contributed by atoms with Crippen LogP contribution in [0.15, 0.2) is 24.3 Å². The summed E-state index contributed by atoms with van der Waals surface area (Å²) in [4.78, 5) is 0. The van der Waals surface area contributed by atoms with Crippen LogP contribution in [-0.2, 0) is 16.1 Å². The van der Waals surface area contributed by atoms with Crippen LogP contribution in [0.5, 0.6) is 0 Å². The average Bonchev–Trinajstić information content (AvgIpc) is 2.78. The molecule has 2 atom stereocenters. The van der Waals surface area contributed by atoms with E-state index in [1.165, 1.54) is 0 Å². The second-order valence-corrected chi connectivity index (χ2v) is 4.15. The highest BCUT2D eigenvalue weighted by atomic mass is 16.5. The number of ether oxygens (including phenoxy) is 2. The Morgan fingerprint density at radius 2 is 2.25 bits per heavy atom. The van der Waals surface area contributed by atoms with Crippen LogP contribution in [0.25, 0.3) is 0 Å². The van der Waals surface area contributed by atoms with Crippen LogP contribution in [0.4, 0.5) is 0 Å². The standard InChI is InChI=1S/C13H18O3/c1-15-9-11-4-2-3-5-12(11)13-10(8-14)6-7-16-13/h2-5,10,13-14H,6-9H2,1H3. The SMILES string of the molecule is COCc1ccccc1C1OCCC1CO. The molecule has 1 aromatic carbocycles. The van der Waals surface area contributed by atoms with E-state index in [0.29, 0.717) is 6.61 Å². The molecule has 0 spiro atoms. The molecule has 3 heteroatoms. The van der Waals surface area contributed by atoms with Gasteiger partial charge >= 0.3 is 0 Å². The number of aliphatic hydroxyl groups is 1. The van der Waals surface area contributed by atoms with Gasteiger partial charge in [-0.05, 0) is 17.5 Å².